The first-order valence-corrected chi connectivity index (χ1v) is 45.8. The van der Waals surface area contributed by atoms with Crippen molar-refractivity contribution in [2.45, 2.75) is 225 Å². The third-order valence-electron chi connectivity index (χ3n) is 22.3. The monoisotopic (exact) mass is 1770 g/mol. The molecule has 0 amide bonds. The van der Waals surface area contributed by atoms with Crippen LogP contribution in [0.5, 0.6) is 0 Å². The Hall–Kier alpha value is -14.5. The minimum atomic E-state index is 0.404. The van der Waals surface area contributed by atoms with E-state index in [0.29, 0.717) is 66.2 Å². The summed E-state index contributed by atoms with van der Waals surface area (Å²) in [5.41, 5.74) is 24.3. The number of anilines is 1. The maximum absolute atomic E-state index is 4.30. The number of pyridine rings is 6. The number of nitrogens with one attached hydrogen (secondary N) is 2. The van der Waals surface area contributed by atoms with Gasteiger partial charge in [-0.1, -0.05) is 94.4 Å². The fourth-order valence-corrected chi connectivity index (χ4v) is 15.2. The third kappa shape index (κ3) is 24.3. The van der Waals surface area contributed by atoms with Gasteiger partial charge in [-0.3, -0.25) is 9.97 Å². The molecule has 1 aliphatic rings. The van der Waals surface area contributed by atoms with E-state index in [0.717, 1.165) is 83.4 Å². The van der Waals surface area contributed by atoms with Gasteiger partial charge in [0.1, 0.15) is 28.4 Å². The van der Waals surface area contributed by atoms with Crippen LogP contribution in [-0.4, -0.2) is 139 Å². The highest BCUT2D eigenvalue weighted by Gasteiger charge is 2.20. The molecule has 1 aliphatic heterocycles. The second-order valence-corrected chi connectivity index (χ2v) is 35.4. The molecule has 0 spiro atoms. The van der Waals surface area contributed by atoms with Crippen molar-refractivity contribution in [3.8, 4) is 0 Å². The lowest BCUT2D eigenvalue weighted by atomic mass is 10.0. The molecule has 27 nitrogen and oxygen atoms in total. The van der Waals surface area contributed by atoms with Crippen molar-refractivity contribution >= 4 is 116 Å². The van der Waals surface area contributed by atoms with Crippen molar-refractivity contribution in [3.05, 3.63) is 300 Å². The molecule has 18 heterocycles. The molecule has 27 heteroatoms. The molecule has 4 aromatic carbocycles. The largest absolute Gasteiger partial charge is 0.369 e. The summed E-state index contributed by atoms with van der Waals surface area (Å²) in [5.74, 6) is 1.19. The smallest absolute Gasteiger partial charge is 0.180 e. The second-order valence-electron chi connectivity index (χ2n) is 35.4. The molecule has 0 radical (unpaired) electrons. The summed E-state index contributed by atoms with van der Waals surface area (Å²) in [7, 11) is 0. The highest BCUT2D eigenvalue weighted by molar-refractivity contribution is 5.85. The van der Waals surface area contributed by atoms with Crippen molar-refractivity contribution < 1.29 is 0 Å². The predicted octanol–water partition coefficient (Wildman–Crippen LogP) is 25.1. The minimum Gasteiger partial charge on any atom is -0.369 e. The van der Waals surface area contributed by atoms with Crippen LogP contribution in [-0.2, 0) is 6.42 Å². The van der Waals surface area contributed by atoms with Crippen LogP contribution in [0.4, 0.5) is 5.69 Å². The lowest BCUT2D eigenvalue weighted by molar-refractivity contribution is 0.613. The average molecular weight is 1770 g/mol. The van der Waals surface area contributed by atoms with Crippen LogP contribution < -0.4 is 4.90 Å². The zero-order valence-corrected chi connectivity index (χ0v) is 80.5. The van der Waals surface area contributed by atoms with Gasteiger partial charge in [-0.2, -0.15) is 0 Å². The number of fused-ring (bicyclic) bond motifs is 11. The standard InChI is InChI=1S/C11H13N.C11H15N.C11H13N.C10H12N2.6C9H11N3.C8H10N4/c1-8(2)10-5-3-4-9-6-7-12-11(9)10;1-9(2)12-8-7-10-5-3-4-6-11(10)12;1-8(2)10-7-12-11-6-4-3-5-9(10)11;1-8(2)12-7-11-9-5-3-4-6-10(9)12;2*1-7(2)12-6-11-8-3-4-10-5-9(8)12;1-7(2)12-6-11-9-8(12)4-3-5-10-9;3*1-7(2)12-6-11-8-4-3-5-10-9(8)12;1-6(2)12-5-11-8-7(12)3-9-4-10-8/h3-8,12H,1-2H3;3-6,9H,7-8H2,1-2H3;3-8,12H,1-2H3;3-8H,1-2H3;6*3-7H,1-2H3;3-6H,1-2H3. The van der Waals surface area contributed by atoms with E-state index in [1.165, 1.54) is 69.0 Å². The molecular weight excluding hydrogens is 1640 g/mol. The van der Waals surface area contributed by atoms with Gasteiger partial charge in [0.15, 0.2) is 28.2 Å². The molecule has 0 saturated heterocycles. The molecule has 22 rings (SSSR count). The highest BCUT2D eigenvalue weighted by Crippen LogP contribution is 2.31. The number of rotatable bonds is 11. The van der Waals surface area contributed by atoms with Crippen molar-refractivity contribution in [2.75, 3.05) is 11.4 Å². The Bertz CT molecular complexity index is 5940. The summed E-state index contributed by atoms with van der Waals surface area (Å²) in [6.07, 6.45) is 37.7. The first-order valence-electron chi connectivity index (χ1n) is 45.8. The summed E-state index contributed by atoms with van der Waals surface area (Å²) in [4.78, 5) is 76.0. The van der Waals surface area contributed by atoms with E-state index in [1.807, 2.05) is 142 Å². The number of nitrogens with zero attached hydrogens (tertiary/aromatic N) is 25. The van der Waals surface area contributed by atoms with Crippen molar-refractivity contribution in [1.82, 2.24) is 126 Å². The molecule has 0 atom stereocenters. The van der Waals surface area contributed by atoms with Crippen LogP contribution in [0.1, 0.15) is 229 Å². The number of imidazole rings is 8. The van der Waals surface area contributed by atoms with Crippen molar-refractivity contribution in [3.63, 3.8) is 0 Å². The Balaban J connectivity index is 0.000000131. The van der Waals surface area contributed by atoms with Gasteiger partial charge < -0.3 is 51.4 Å². The van der Waals surface area contributed by atoms with E-state index in [9.17, 15) is 0 Å². The van der Waals surface area contributed by atoms with Gasteiger partial charge in [-0.05, 0) is 256 Å². The summed E-state index contributed by atoms with van der Waals surface area (Å²) < 4.78 is 16.8. The van der Waals surface area contributed by atoms with Crippen molar-refractivity contribution in [2.24, 2.45) is 0 Å². The molecule has 0 fully saturated rings. The van der Waals surface area contributed by atoms with E-state index < -0.39 is 0 Å². The molecule has 17 aromatic heterocycles. The van der Waals surface area contributed by atoms with Crippen LogP contribution >= 0.6 is 0 Å². The fraction of sp³-hybridized carbons (Fsp3) is 0.333. The average Bonchev–Trinajstić information content (AvgIpc) is 1.72. The van der Waals surface area contributed by atoms with Gasteiger partial charge in [0.05, 0.1) is 108 Å². The molecule has 0 aliphatic carbocycles. The van der Waals surface area contributed by atoms with Crippen LogP contribution in [0.15, 0.2) is 283 Å². The van der Waals surface area contributed by atoms with E-state index in [1.54, 1.807) is 49.7 Å². The first kappa shape index (κ1) is 96.6. The van der Waals surface area contributed by atoms with Crippen LogP contribution in [0.2, 0.25) is 0 Å². The molecule has 2 N–H and O–H groups in total. The third-order valence-corrected chi connectivity index (χ3v) is 22.3. The SMILES string of the molecule is CC(C)N1CCc2ccccc21.CC(C)c1c[nH]c2ccccc12.CC(C)c1cccc2cc[nH]c12.CC(C)n1cnc2ccccc21.CC(C)n1cnc2cccnc21.CC(C)n1cnc2cccnc21.CC(C)n1cnc2cccnc21.CC(C)n1cnc2ccncc21.CC(C)n1cnc2ccncc21.CC(C)n1cnc2ncccc21.CC(C)n1cnc2ncncc21. The number of benzene rings is 4. The van der Waals surface area contributed by atoms with E-state index in [4.69, 9.17) is 0 Å². The van der Waals surface area contributed by atoms with E-state index in [-0.39, 0.29) is 0 Å². The first-order chi connectivity index (χ1) is 63.7. The number of hydrogen-bond donors (Lipinski definition) is 2. The second kappa shape index (κ2) is 46.2. The summed E-state index contributed by atoms with van der Waals surface area (Å²) >= 11 is 0. The molecule has 0 bridgehead atoms. The summed E-state index contributed by atoms with van der Waals surface area (Å²) in [5, 5.41) is 2.66. The highest BCUT2D eigenvalue weighted by atomic mass is 15.2. The van der Waals surface area contributed by atoms with Gasteiger partial charge in [0.25, 0.3) is 0 Å². The lowest BCUT2D eigenvalue weighted by Gasteiger charge is -2.23. The number of aromatic nitrogens is 26. The molecule has 0 saturated carbocycles. The maximum atomic E-state index is 4.30. The van der Waals surface area contributed by atoms with Crippen LogP contribution in [0.3, 0.4) is 0 Å². The Labute approximate surface area is 774 Å². The predicted molar refractivity (Wildman–Crippen MR) is 541 cm³/mol. The maximum Gasteiger partial charge on any atom is 0.180 e. The van der Waals surface area contributed by atoms with E-state index in [2.05, 4.69) is 369 Å². The summed E-state index contributed by atoms with van der Waals surface area (Å²) in [6, 6.07) is 57.4. The quantitative estimate of drug-likeness (QED) is 0.122. The molecular formula is C105H129N27. The topological polar surface area (TPSA) is 280 Å². The molecule has 21 aromatic rings. The summed E-state index contributed by atoms with van der Waals surface area (Å²) in [6.45, 7) is 48.6. The van der Waals surface area contributed by atoms with Gasteiger partial charge in [-0.15, -0.1) is 0 Å². The van der Waals surface area contributed by atoms with Gasteiger partial charge in [0, 0.05) is 133 Å². The number of aromatic amines is 2. The van der Waals surface area contributed by atoms with Crippen LogP contribution in [0.25, 0.3) is 111 Å². The van der Waals surface area contributed by atoms with Gasteiger partial charge in [-0.25, -0.2) is 69.8 Å². The lowest BCUT2D eigenvalue weighted by Crippen LogP contribution is -2.28. The molecule has 132 heavy (non-hydrogen) atoms. The van der Waals surface area contributed by atoms with Crippen LogP contribution in [0, 0.1) is 0 Å². The molecule has 684 valence electrons. The Morgan fingerprint density at radius 2 is 0.682 bits per heavy atom. The van der Waals surface area contributed by atoms with Gasteiger partial charge >= 0.3 is 0 Å². The van der Waals surface area contributed by atoms with Gasteiger partial charge in [0.2, 0.25) is 0 Å². The Morgan fingerprint density at radius 3 is 1.20 bits per heavy atom. The number of H-pyrrole nitrogens is 2. The minimum absolute atomic E-state index is 0.404. The normalized spacial score (nSPS) is 11.6. The zero-order chi connectivity index (χ0) is 94.1. The number of para-hydroxylation sites is 5. The Kier molecular flexibility index (Phi) is 33.8. The zero-order valence-electron chi connectivity index (χ0n) is 80.5. The van der Waals surface area contributed by atoms with E-state index >= 15 is 0 Å². The molecule has 0 unspecified atom stereocenters. The van der Waals surface area contributed by atoms with Crippen molar-refractivity contribution in [1.29, 1.82) is 0 Å². The number of hydrogen-bond acceptors (Lipinski definition) is 17. The fourth-order valence-electron chi connectivity index (χ4n) is 15.2. The Morgan fingerprint density at radius 1 is 0.280 bits per heavy atom.